The summed E-state index contributed by atoms with van der Waals surface area (Å²) in [5, 5.41) is 2.31. The molecule has 1 heterocycles. The molecule has 3 N–H and O–H groups in total. The SMILES string of the molecule is CCC1CCCC1(CN)NN1CCOCC1. The van der Waals surface area contributed by atoms with Gasteiger partial charge in [0.25, 0.3) is 0 Å². The van der Waals surface area contributed by atoms with Gasteiger partial charge in [-0.1, -0.05) is 19.8 Å². The van der Waals surface area contributed by atoms with Crippen molar-refractivity contribution >= 4 is 0 Å². The third-order valence-corrected chi connectivity index (χ3v) is 4.21. The van der Waals surface area contributed by atoms with Crippen molar-refractivity contribution in [3.63, 3.8) is 0 Å². The number of morpholine rings is 1. The molecular formula is C12H25N3O. The molecule has 0 aromatic heterocycles. The second-order valence-corrected chi connectivity index (χ2v) is 5.07. The lowest BCUT2D eigenvalue weighted by atomic mass is 9.86. The second kappa shape index (κ2) is 5.45. The molecule has 1 aliphatic carbocycles. The van der Waals surface area contributed by atoms with Gasteiger partial charge < -0.3 is 10.5 Å². The van der Waals surface area contributed by atoms with Crippen LogP contribution < -0.4 is 11.2 Å². The normalized spacial score (nSPS) is 36.8. The minimum Gasteiger partial charge on any atom is -0.379 e. The standard InChI is InChI=1S/C12H25N3O/c1-2-11-4-3-5-12(11,10-13)14-15-6-8-16-9-7-15/h11,14H,2-10,13H2,1H3. The van der Waals surface area contributed by atoms with Crippen LogP contribution in [0.5, 0.6) is 0 Å². The Balaban J connectivity index is 1.97. The predicted molar refractivity (Wildman–Crippen MR) is 64.9 cm³/mol. The van der Waals surface area contributed by atoms with Crippen molar-refractivity contribution in [2.45, 2.75) is 38.1 Å². The van der Waals surface area contributed by atoms with Crippen molar-refractivity contribution in [1.29, 1.82) is 0 Å². The van der Waals surface area contributed by atoms with E-state index in [-0.39, 0.29) is 5.54 Å². The maximum Gasteiger partial charge on any atom is 0.0608 e. The number of hydrogen-bond acceptors (Lipinski definition) is 4. The molecule has 16 heavy (non-hydrogen) atoms. The summed E-state index contributed by atoms with van der Waals surface area (Å²) in [6.45, 7) is 6.68. The summed E-state index contributed by atoms with van der Waals surface area (Å²) in [5.41, 5.74) is 9.90. The van der Waals surface area contributed by atoms with Crippen molar-refractivity contribution in [3.8, 4) is 0 Å². The smallest absolute Gasteiger partial charge is 0.0608 e. The van der Waals surface area contributed by atoms with Crippen LogP contribution in [0.3, 0.4) is 0 Å². The van der Waals surface area contributed by atoms with Gasteiger partial charge in [-0.25, -0.2) is 10.4 Å². The highest BCUT2D eigenvalue weighted by molar-refractivity contribution is 4.99. The Hall–Kier alpha value is -0.160. The summed E-state index contributed by atoms with van der Waals surface area (Å²) in [6, 6.07) is 0. The van der Waals surface area contributed by atoms with Crippen LogP contribution >= 0.6 is 0 Å². The molecule has 0 bridgehead atoms. The quantitative estimate of drug-likeness (QED) is 0.743. The Morgan fingerprint density at radius 3 is 2.81 bits per heavy atom. The first kappa shape index (κ1) is 12.3. The summed E-state index contributed by atoms with van der Waals surface area (Å²) in [7, 11) is 0. The number of rotatable bonds is 4. The molecule has 1 aliphatic heterocycles. The molecule has 2 aliphatic rings. The second-order valence-electron chi connectivity index (χ2n) is 5.07. The van der Waals surface area contributed by atoms with Gasteiger partial charge in [0.1, 0.15) is 0 Å². The Kier molecular flexibility index (Phi) is 4.19. The molecule has 0 spiro atoms. The Morgan fingerprint density at radius 2 is 2.19 bits per heavy atom. The van der Waals surface area contributed by atoms with Crippen LogP contribution in [0.25, 0.3) is 0 Å². The molecule has 0 aromatic rings. The Morgan fingerprint density at radius 1 is 1.44 bits per heavy atom. The molecule has 1 saturated carbocycles. The average Bonchev–Trinajstić information content (AvgIpc) is 2.74. The number of hydrazine groups is 1. The van der Waals surface area contributed by atoms with Gasteiger partial charge in [-0.3, -0.25) is 0 Å². The zero-order chi connectivity index (χ0) is 11.4. The highest BCUT2D eigenvalue weighted by Gasteiger charge is 2.41. The van der Waals surface area contributed by atoms with E-state index in [1.54, 1.807) is 0 Å². The van der Waals surface area contributed by atoms with Gasteiger partial charge in [0.05, 0.1) is 13.2 Å². The molecule has 2 fully saturated rings. The summed E-state index contributed by atoms with van der Waals surface area (Å²) in [6.07, 6.45) is 5.09. The van der Waals surface area contributed by atoms with E-state index in [2.05, 4.69) is 17.4 Å². The van der Waals surface area contributed by atoms with Crippen molar-refractivity contribution in [2.24, 2.45) is 11.7 Å². The highest BCUT2D eigenvalue weighted by Crippen LogP contribution is 2.37. The lowest BCUT2D eigenvalue weighted by Crippen LogP contribution is -2.62. The zero-order valence-electron chi connectivity index (χ0n) is 10.4. The maximum atomic E-state index is 6.03. The minimum atomic E-state index is 0.159. The van der Waals surface area contributed by atoms with E-state index >= 15 is 0 Å². The predicted octanol–water partition coefficient (Wildman–Crippen LogP) is 0.731. The highest BCUT2D eigenvalue weighted by atomic mass is 16.5. The molecule has 2 unspecified atom stereocenters. The molecule has 4 heteroatoms. The van der Waals surface area contributed by atoms with Crippen LogP contribution in [-0.2, 0) is 4.74 Å². The monoisotopic (exact) mass is 227 g/mol. The Bertz CT molecular complexity index is 218. The van der Waals surface area contributed by atoms with Crippen molar-refractivity contribution in [1.82, 2.24) is 10.4 Å². The van der Waals surface area contributed by atoms with Crippen molar-refractivity contribution in [3.05, 3.63) is 0 Å². The molecule has 0 radical (unpaired) electrons. The molecule has 0 aromatic carbocycles. The minimum absolute atomic E-state index is 0.159. The molecule has 1 saturated heterocycles. The largest absolute Gasteiger partial charge is 0.379 e. The summed E-state index contributed by atoms with van der Waals surface area (Å²) >= 11 is 0. The van der Waals surface area contributed by atoms with Crippen molar-refractivity contribution < 1.29 is 4.74 Å². The third-order valence-electron chi connectivity index (χ3n) is 4.21. The van der Waals surface area contributed by atoms with Crippen LogP contribution in [-0.4, -0.2) is 43.4 Å². The fraction of sp³-hybridized carbons (Fsp3) is 1.00. The van der Waals surface area contributed by atoms with E-state index in [0.717, 1.165) is 38.8 Å². The van der Waals surface area contributed by atoms with Gasteiger partial charge >= 0.3 is 0 Å². The van der Waals surface area contributed by atoms with E-state index in [4.69, 9.17) is 10.5 Å². The number of nitrogens with one attached hydrogen (secondary N) is 1. The molecule has 0 amide bonds. The van der Waals surface area contributed by atoms with Gasteiger partial charge in [0.2, 0.25) is 0 Å². The molecule has 94 valence electrons. The van der Waals surface area contributed by atoms with Crippen LogP contribution in [0.4, 0.5) is 0 Å². The van der Waals surface area contributed by atoms with E-state index in [1.807, 2.05) is 0 Å². The van der Waals surface area contributed by atoms with Gasteiger partial charge in [0.15, 0.2) is 0 Å². The first-order valence-corrected chi connectivity index (χ1v) is 6.61. The van der Waals surface area contributed by atoms with Gasteiger partial charge in [-0.2, -0.15) is 0 Å². The number of nitrogens with zero attached hydrogens (tertiary/aromatic N) is 1. The first-order valence-electron chi connectivity index (χ1n) is 6.61. The average molecular weight is 227 g/mol. The fourth-order valence-electron chi connectivity index (χ4n) is 3.19. The van der Waals surface area contributed by atoms with Crippen LogP contribution in [0.15, 0.2) is 0 Å². The maximum absolute atomic E-state index is 6.03. The number of hydrogen-bond donors (Lipinski definition) is 2. The van der Waals surface area contributed by atoms with E-state index in [1.165, 1.54) is 25.7 Å². The fourth-order valence-corrected chi connectivity index (χ4v) is 3.19. The van der Waals surface area contributed by atoms with E-state index < -0.39 is 0 Å². The third kappa shape index (κ3) is 2.40. The van der Waals surface area contributed by atoms with Gasteiger partial charge in [-0.15, -0.1) is 0 Å². The van der Waals surface area contributed by atoms with Crippen LogP contribution in [0, 0.1) is 5.92 Å². The molecule has 4 nitrogen and oxygen atoms in total. The van der Waals surface area contributed by atoms with Gasteiger partial charge in [-0.05, 0) is 18.8 Å². The summed E-state index contributed by atoms with van der Waals surface area (Å²) < 4.78 is 5.37. The summed E-state index contributed by atoms with van der Waals surface area (Å²) in [4.78, 5) is 0. The lowest BCUT2D eigenvalue weighted by Gasteiger charge is -2.41. The number of nitrogens with two attached hydrogens (primary N) is 1. The van der Waals surface area contributed by atoms with Crippen LogP contribution in [0.1, 0.15) is 32.6 Å². The molecular weight excluding hydrogens is 202 g/mol. The number of ether oxygens (including phenoxy) is 1. The molecule has 2 rings (SSSR count). The van der Waals surface area contributed by atoms with E-state index in [9.17, 15) is 0 Å². The van der Waals surface area contributed by atoms with Crippen molar-refractivity contribution in [2.75, 3.05) is 32.8 Å². The topological polar surface area (TPSA) is 50.5 Å². The zero-order valence-corrected chi connectivity index (χ0v) is 10.4. The van der Waals surface area contributed by atoms with Crippen LogP contribution in [0.2, 0.25) is 0 Å². The lowest BCUT2D eigenvalue weighted by molar-refractivity contribution is -0.0192. The summed E-state index contributed by atoms with van der Waals surface area (Å²) in [5.74, 6) is 0.736. The Labute approximate surface area is 98.5 Å². The molecule has 2 atom stereocenters. The van der Waals surface area contributed by atoms with Gasteiger partial charge in [0, 0.05) is 25.2 Å². The van der Waals surface area contributed by atoms with E-state index in [0.29, 0.717) is 0 Å². The first-order chi connectivity index (χ1) is 7.80.